The molecule has 2 aromatic heterocycles. The summed E-state index contributed by atoms with van der Waals surface area (Å²) in [5.41, 5.74) is 7.82. The Kier molecular flexibility index (Phi) is 4.36. The third kappa shape index (κ3) is 3.51. The highest BCUT2D eigenvalue weighted by atomic mass is 16.5. The fourth-order valence-corrected chi connectivity index (χ4v) is 2.75. The predicted molar refractivity (Wildman–Crippen MR) is 82.4 cm³/mol. The average Bonchev–Trinajstić information content (AvgIpc) is 2.90. The standard InChI is InChI=1S/C15H23N5O/c1-11-3-2-4-14-18-15(19-20(11)14)17-9-10-21-13-7-5-12(16)6-8-13/h2-4,12-13H,5-10,16H2,1H3,(H,17,19). The van der Waals surface area contributed by atoms with Gasteiger partial charge in [0, 0.05) is 18.3 Å². The van der Waals surface area contributed by atoms with Gasteiger partial charge in [-0.2, -0.15) is 4.98 Å². The summed E-state index contributed by atoms with van der Waals surface area (Å²) in [4.78, 5) is 4.44. The molecule has 1 saturated carbocycles. The fourth-order valence-electron chi connectivity index (χ4n) is 2.75. The maximum atomic E-state index is 5.89. The number of aromatic nitrogens is 3. The number of nitrogens with two attached hydrogens (primary N) is 1. The van der Waals surface area contributed by atoms with Gasteiger partial charge in [-0.25, -0.2) is 4.52 Å². The maximum absolute atomic E-state index is 5.89. The van der Waals surface area contributed by atoms with E-state index in [1.54, 1.807) is 0 Å². The van der Waals surface area contributed by atoms with Crippen molar-refractivity contribution in [1.29, 1.82) is 0 Å². The normalized spacial score (nSPS) is 22.6. The lowest BCUT2D eigenvalue weighted by Crippen LogP contribution is -2.31. The molecule has 6 heteroatoms. The van der Waals surface area contributed by atoms with Gasteiger partial charge >= 0.3 is 0 Å². The van der Waals surface area contributed by atoms with Gasteiger partial charge < -0.3 is 15.8 Å². The minimum Gasteiger partial charge on any atom is -0.376 e. The number of pyridine rings is 1. The van der Waals surface area contributed by atoms with Crippen molar-refractivity contribution in [2.24, 2.45) is 5.73 Å². The van der Waals surface area contributed by atoms with E-state index in [-0.39, 0.29) is 0 Å². The molecule has 0 aromatic carbocycles. The molecule has 1 fully saturated rings. The molecular formula is C15H23N5O. The van der Waals surface area contributed by atoms with Crippen molar-refractivity contribution in [2.45, 2.75) is 44.8 Å². The van der Waals surface area contributed by atoms with Gasteiger partial charge in [0.05, 0.1) is 12.7 Å². The number of nitrogens with one attached hydrogen (secondary N) is 1. The van der Waals surface area contributed by atoms with Gasteiger partial charge in [-0.3, -0.25) is 0 Å². The molecule has 0 radical (unpaired) electrons. The molecule has 1 aliphatic rings. The first kappa shape index (κ1) is 14.3. The predicted octanol–water partition coefficient (Wildman–Crippen LogP) is 1.74. The molecule has 2 heterocycles. The molecule has 0 amide bonds. The highest BCUT2D eigenvalue weighted by molar-refractivity contribution is 5.44. The Morgan fingerprint density at radius 2 is 2.14 bits per heavy atom. The molecule has 0 bridgehead atoms. The molecule has 3 N–H and O–H groups in total. The van der Waals surface area contributed by atoms with E-state index in [9.17, 15) is 0 Å². The Labute approximate surface area is 124 Å². The lowest BCUT2D eigenvalue weighted by molar-refractivity contribution is 0.0312. The largest absolute Gasteiger partial charge is 0.376 e. The molecule has 6 nitrogen and oxygen atoms in total. The van der Waals surface area contributed by atoms with Crippen LogP contribution in [0.1, 0.15) is 31.4 Å². The van der Waals surface area contributed by atoms with Gasteiger partial charge in [0.2, 0.25) is 5.95 Å². The van der Waals surface area contributed by atoms with Crippen molar-refractivity contribution in [3.05, 3.63) is 23.9 Å². The molecule has 3 rings (SSSR count). The van der Waals surface area contributed by atoms with Crippen LogP contribution in [0.3, 0.4) is 0 Å². The first-order valence-electron chi connectivity index (χ1n) is 7.66. The van der Waals surface area contributed by atoms with Crippen LogP contribution in [0, 0.1) is 6.92 Å². The molecule has 0 spiro atoms. The van der Waals surface area contributed by atoms with E-state index in [2.05, 4.69) is 15.4 Å². The van der Waals surface area contributed by atoms with E-state index >= 15 is 0 Å². The Hall–Kier alpha value is -1.66. The van der Waals surface area contributed by atoms with Crippen LogP contribution < -0.4 is 11.1 Å². The molecule has 114 valence electrons. The monoisotopic (exact) mass is 289 g/mol. The Balaban J connectivity index is 1.45. The molecule has 0 unspecified atom stereocenters. The summed E-state index contributed by atoms with van der Waals surface area (Å²) < 4.78 is 7.71. The summed E-state index contributed by atoms with van der Waals surface area (Å²) >= 11 is 0. The van der Waals surface area contributed by atoms with Gasteiger partial charge in [-0.05, 0) is 44.7 Å². The van der Waals surface area contributed by atoms with E-state index in [1.165, 1.54) is 0 Å². The second kappa shape index (κ2) is 6.41. The highest BCUT2D eigenvalue weighted by Gasteiger charge is 2.18. The summed E-state index contributed by atoms with van der Waals surface area (Å²) in [6.45, 7) is 3.41. The number of aryl methyl sites for hydroxylation is 1. The topological polar surface area (TPSA) is 77.5 Å². The van der Waals surface area contributed by atoms with Crippen molar-refractivity contribution in [3.63, 3.8) is 0 Å². The van der Waals surface area contributed by atoms with Crippen LogP contribution in [0.25, 0.3) is 5.65 Å². The lowest BCUT2D eigenvalue weighted by atomic mass is 9.94. The van der Waals surface area contributed by atoms with Crippen LogP contribution >= 0.6 is 0 Å². The number of nitrogens with zero attached hydrogens (tertiary/aromatic N) is 3. The lowest BCUT2D eigenvalue weighted by Gasteiger charge is -2.26. The molecule has 1 aliphatic carbocycles. The minimum absolute atomic E-state index is 0.364. The first-order chi connectivity index (χ1) is 10.2. The maximum Gasteiger partial charge on any atom is 0.243 e. The van der Waals surface area contributed by atoms with Gasteiger partial charge in [0.25, 0.3) is 0 Å². The van der Waals surface area contributed by atoms with Crippen LogP contribution in [0.15, 0.2) is 18.2 Å². The van der Waals surface area contributed by atoms with Crippen molar-refractivity contribution in [1.82, 2.24) is 14.6 Å². The second-order valence-corrected chi connectivity index (χ2v) is 5.71. The summed E-state index contributed by atoms with van der Waals surface area (Å²) in [5.74, 6) is 0.651. The quantitative estimate of drug-likeness (QED) is 0.820. The summed E-state index contributed by atoms with van der Waals surface area (Å²) in [5, 5.41) is 7.65. The molecule has 21 heavy (non-hydrogen) atoms. The Bertz CT molecular complexity index is 589. The third-order valence-corrected chi connectivity index (χ3v) is 4.01. The molecular weight excluding hydrogens is 266 g/mol. The van der Waals surface area contributed by atoms with Gasteiger partial charge in [-0.15, -0.1) is 5.10 Å². The molecule has 0 saturated heterocycles. The molecule has 0 atom stereocenters. The third-order valence-electron chi connectivity index (χ3n) is 4.01. The zero-order chi connectivity index (χ0) is 14.7. The summed E-state index contributed by atoms with van der Waals surface area (Å²) in [6.07, 6.45) is 4.67. The molecule has 0 aliphatic heterocycles. The zero-order valence-electron chi connectivity index (χ0n) is 12.5. The van der Waals surface area contributed by atoms with Gasteiger partial charge in [0.1, 0.15) is 0 Å². The van der Waals surface area contributed by atoms with E-state index in [0.717, 1.165) is 43.6 Å². The second-order valence-electron chi connectivity index (χ2n) is 5.71. The smallest absolute Gasteiger partial charge is 0.243 e. The first-order valence-corrected chi connectivity index (χ1v) is 7.66. The Morgan fingerprint density at radius 3 is 2.90 bits per heavy atom. The Morgan fingerprint density at radius 1 is 1.33 bits per heavy atom. The van der Waals surface area contributed by atoms with Gasteiger partial charge in [-0.1, -0.05) is 6.07 Å². The summed E-state index contributed by atoms with van der Waals surface area (Å²) in [7, 11) is 0. The molecule has 2 aromatic rings. The SMILES string of the molecule is Cc1cccc2nc(NCCOC3CCC(N)CC3)nn12. The van der Waals surface area contributed by atoms with Crippen LogP contribution in [-0.4, -0.2) is 39.9 Å². The highest BCUT2D eigenvalue weighted by Crippen LogP contribution is 2.19. The van der Waals surface area contributed by atoms with Crippen LogP contribution in [-0.2, 0) is 4.74 Å². The van der Waals surface area contributed by atoms with Crippen LogP contribution in [0.2, 0.25) is 0 Å². The zero-order valence-corrected chi connectivity index (χ0v) is 12.5. The number of fused-ring (bicyclic) bond motifs is 1. The van der Waals surface area contributed by atoms with Gasteiger partial charge in [0.15, 0.2) is 5.65 Å². The van der Waals surface area contributed by atoms with E-state index < -0.39 is 0 Å². The average molecular weight is 289 g/mol. The van der Waals surface area contributed by atoms with E-state index in [0.29, 0.717) is 24.7 Å². The number of anilines is 1. The van der Waals surface area contributed by atoms with E-state index in [4.69, 9.17) is 10.5 Å². The van der Waals surface area contributed by atoms with Crippen molar-refractivity contribution >= 4 is 11.6 Å². The number of hydrogen-bond acceptors (Lipinski definition) is 5. The van der Waals surface area contributed by atoms with Crippen molar-refractivity contribution in [2.75, 3.05) is 18.5 Å². The number of ether oxygens (including phenoxy) is 1. The van der Waals surface area contributed by atoms with E-state index in [1.807, 2.05) is 29.6 Å². The minimum atomic E-state index is 0.364. The number of rotatable bonds is 5. The number of hydrogen-bond donors (Lipinski definition) is 2. The van der Waals surface area contributed by atoms with Crippen molar-refractivity contribution < 1.29 is 4.74 Å². The van der Waals surface area contributed by atoms with Crippen LogP contribution in [0.4, 0.5) is 5.95 Å². The van der Waals surface area contributed by atoms with Crippen molar-refractivity contribution in [3.8, 4) is 0 Å². The van der Waals surface area contributed by atoms with Crippen LogP contribution in [0.5, 0.6) is 0 Å². The fraction of sp³-hybridized carbons (Fsp3) is 0.600. The summed E-state index contributed by atoms with van der Waals surface area (Å²) in [6, 6.07) is 6.32.